The molecule has 0 amide bonds. The van der Waals surface area contributed by atoms with Crippen LogP contribution in [0.1, 0.15) is 5.56 Å². The molecular weight excluding hydrogens is 350 g/mol. The zero-order valence-corrected chi connectivity index (χ0v) is 15.6. The van der Waals surface area contributed by atoms with Crippen molar-refractivity contribution < 1.29 is 9.47 Å². The zero-order chi connectivity index (χ0) is 17.8. The smallest absolute Gasteiger partial charge is 0.139 e. The second-order valence-electron chi connectivity index (χ2n) is 6.81. The van der Waals surface area contributed by atoms with E-state index < -0.39 is 0 Å². The maximum absolute atomic E-state index is 5.94. The van der Waals surface area contributed by atoms with Gasteiger partial charge in [0, 0.05) is 50.7 Å². The molecule has 0 N–H and O–H groups in total. The molecule has 2 aromatic rings. The molecule has 1 atom stereocenters. The summed E-state index contributed by atoms with van der Waals surface area (Å²) in [5.74, 6) is 0.687. The molecule has 0 radical (unpaired) electrons. The number of para-hydroxylation sites is 1. The molecule has 0 saturated carbocycles. The summed E-state index contributed by atoms with van der Waals surface area (Å²) in [6.45, 7) is 6.37. The average Bonchev–Trinajstić information content (AvgIpc) is 3.08. The maximum Gasteiger partial charge on any atom is 0.139 e. The molecule has 6 heteroatoms. The van der Waals surface area contributed by atoms with Gasteiger partial charge < -0.3 is 14.4 Å². The fourth-order valence-electron chi connectivity index (χ4n) is 3.65. The lowest BCUT2D eigenvalue weighted by Gasteiger charge is -2.34. The van der Waals surface area contributed by atoms with Crippen LogP contribution in [-0.4, -0.2) is 61.9 Å². The molecule has 0 unspecified atom stereocenters. The first-order valence-corrected chi connectivity index (χ1v) is 9.56. The number of pyridine rings is 1. The molecule has 26 heavy (non-hydrogen) atoms. The minimum Gasteiger partial charge on any atom is -0.489 e. The van der Waals surface area contributed by atoms with Crippen LogP contribution < -0.4 is 9.64 Å². The standard InChI is InChI=1S/C20H24ClN3O2/c21-17-11-18(13-22-12-17)26-15-19-14-23(9-10-25-19)7-8-24-6-5-16-3-1-2-4-20(16)24/h1-4,11-13,19H,5-10,14-15H2/t19-/m0/s1. The summed E-state index contributed by atoms with van der Waals surface area (Å²) in [6, 6.07) is 10.5. The van der Waals surface area contributed by atoms with Crippen molar-refractivity contribution >= 4 is 17.3 Å². The predicted molar refractivity (Wildman–Crippen MR) is 103 cm³/mol. The Morgan fingerprint density at radius 1 is 1.19 bits per heavy atom. The molecule has 0 bridgehead atoms. The Bertz CT molecular complexity index is 743. The molecule has 4 rings (SSSR count). The number of ether oxygens (including phenoxy) is 2. The van der Waals surface area contributed by atoms with Gasteiger partial charge in [-0.1, -0.05) is 29.8 Å². The highest BCUT2D eigenvalue weighted by molar-refractivity contribution is 6.30. The number of aromatic nitrogens is 1. The number of hydrogen-bond donors (Lipinski definition) is 0. The van der Waals surface area contributed by atoms with Gasteiger partial charge in [0.1, 0.15) is 18.5 Å². The van der Waals surface area contributed by atoms with Gasteiger partial charge in [-0.05, 0) is 18.1 Å². The fraction of sp³-hybridized carbons (Fsp3) is 0.450. The number of fused-ring (bicyclic) bond motifs is 1. The Morgan fingerprint density at radius 3 is 3.04 bits per heavy atom. The molecule has 138 valence electrons. The first-order chi connectivity index (χ1) is 12.8. The average molecular weight is 374 g/mol. The fourth-order valence-corrected chi connectivity index (χ4v) is 3.81. The van der Waals surface area contributed by atoms with Gasteiger partial charge in [-0.3, -0.25) is 9.88 Å². The van der Waals surface area contributed by atoms with E-state index in [0.717, 1.165) is 45.8 Å². The highest BCUT2D eigenvalue weighted by atomic mass is 35.5. The van der Waals surface area contributed by atoms with Gasteiger partial charge >= 0.3 is 0 Å². The highest BCUT2D eigenvalue weighted by Crippen LogP contribution is 2.27. The molecule has 1 fully saturated rings. The third-order valence-electron chi connectivity index (χ3n) is 5.01. The van der Waals surface area contributed by atoms with E-state index in [1.54, 1.807) is 18.5 Å². The van der Waals surface area contributed by atoms with Crippen molar-refractivity contribution in [2.45, 2.75) is 12.5 Å². The minimum atomic E-state index is 0.0774. The number of benzene rings is 1. The number of halogens is 1. The summed E-state index contributed by atoms with van der Waals surface area (Å²) in [5.41, 5.74) is 2.87. The second kappa shape index (κ2) is 8.25. The molecule has 2 aliphatic heterocycles. The largest absolute Gasteiger partial charge is 0.489 e. The first kappa shape index (κ1) is 17.6. The summed E-state index contributed by atoms with van der Waals surface area (Å²) in [6.07, 6.45) is 4.51. The van der Waals surface area contributed by atoms with Gasteiger partial charge in [-0.25, -0.2) is 0 Å². The van der Waals surface area contributed by atoms with Crippen LogP contribution in [0.15, 0.2) is 42.7 Å². The summed E-state index contributed by atoms with van der Waals surface area (Å²) in [4.78, 5) is 9.00. The third-order valence-corrected chi connectivity index (χ3v) is 5.21. The molecule has 1 aromatic carbocycles. The summed E-state index contributed by atoms with van der Waals surface area (Å²) in [5, 5.41) is 0.583. The van der Waals surface area contributed by atoms with Crippen LogP contribution in [0.4, 0.5) is 5.69 Å². The van der Waals surface area contributed by atoms with Gasteiger partial charge in [0.2, 0.25) is 0 Å². The van der Waals surface area contributed by atoms with E-state index in [2.05, 4.69) is 39.0 Å². The van der Waals surface area contributed by atoms with Gasteiger partial charge in [0.25, 0.3) is 0 Å². The Kier molecular flexibility index (Phi) is 5.58. The summed E-state index contributed by atoms with van der Waals surface area (Å²) < 4.78 is 11.6. The Balaban J connectivity index is 1.25. The van der Waals surface area contributed by atoms with E-state index in [0.29, 0.717) is 17.4 Å². The SMILES string of the molecule is Clc1cncc(OC[C@@H]2CN(CCN3CCc4ccccc43)CCO2)c1. The van der Waals surface area contributed by atoms with Crippen LogP contribution in [0.25, 0.3) is 0 Å². The quantitative estimate of drug-likeness (QED) is 0.778. The van der Waals surface area contributed by atoms with E-state index in [1.165, 1.54) is 11.3 Å². The van der Waals surface area contributed by atoms with Crippen LogP contribution >= 0.6 is 11.6 Å². The van der Waals surface area contributed by atoms with E-state index in [1.807, 2.05) is 0 Å². The number of morpholine rings is 1. The van der Waals surface area contributed by atoms with Gasteiger partial charge in [-0.2, -0.15) is 0 Å². The number of anilines is 1. The molecular formula is C20H24ClN3O2. The number of rotatable bonds is 6. The normalized spacial score (nSPS) is 20.2. The van der Waals surface area contributed by atoms with Crippen molar-refractivity contribution in [3.8, 4) is 5.75 Å². The number of hydrogen-bond acceptors (Lipinski definition) is 5. The van der Waals surface area contributed by atoms with Crippen LogP contribution in [0.3, 0.4) is 0 Å². The predicted octanol–water partition coefficient (Wildman–Crippen LogP) is 2.88. The minimum absolute atomic E-state index is 0.0774. The molecule has 1 saturated heterocycles. The van der Waals surface area contributed by atoms with Crippen molar-refractivity contribution in [1.29, 1.82) is 0 Å². The topological polar surface area (TPSA) is 37.8 Å². The molecule has 1 aromatic heterocycles. The molecule has 2 aliphatic rings. The van der Waals surface area contributed by atoms with E-state index in [-0.39, 0.29) is 6.10 Å². The molecule has 5 nitrogen and oxygen atoms in total. The van der Waals surface area contributed by atoms with Crippen molar-refractivity contribution in [2.24, 2.45) is 0 Å². The van der Waals surface area contributed by atoms with Crippen LogP contribution in [0.5, 0.6) is 5.75 Å². The van der Waals surface area contributed by atoms with Crippen molar-refractivity contribution in [2.75, 3.05) is 50.8 Å². The van der Waals surface area contributed by atoms with Crippen molar-refractivity contribution in [1.82, 2.24) is 9.88 Å². The highest BCUT2D eigenvalue weighted by Gasteiger charge is 2.23. The van der Waals surface area contributed by atoms with Crippen molar-refractivity contribution in [3.63, 3.8) is 0 Å². The van der Waals surface area contributed by atoms with Crippen LogP contribution in [0.2, 0.25) is 5.02 Å². The van der Waals surface area contributed by atoms with Crippen LogP contribution in [-0.2, 0) is 11.2 Å². The third kappa shape index (κ3) is 4.29. The summed E-state index contributed by atoms with van der Waals surface area (Å²) >= 11 is 5.94. The molecule has 3 heterocycles. The summed E-state index contributed by atoms with van der Waals surface area (Å²) in [7, 11) is 0. The van der Waals surface area contributed by atoms with E-state index in [4.69, 9.17) is 21.1 Å². The van der Waals surface area contributed by atoms with Gasteiger partial charge in [0.05, 0.1) is 17.8 Å². The van der Waals surface area contributed by atoms with Crippen LogP contribution in [0, 0.1) is 0 Å². The first-order valence-electron chi connectivity index (χ1n) is 9.18. The molecule has 0 aliphatic carbocycles. The number of nitrogens with zero attached hydrogens (tertiary/aromatic N) is 3. The van der Waals surface area contributed by atoms with Gasteiger partial charge in [-0.15, -0.1) is 0 Å². The Hall–Kier alpha value is -1.82. The Labute approximate surface area is 159 Å². The van der Waals surface area contributed by atoms with E-state index in [9.17, 15) is 0 Å². The lowest BCUT2D eigenvalue weighted by molar-refractivity contribution is -0.0470. The maximum atomic E-state index is 5.94. The second-order valence-corrected chi connectivity index (χ2v) is 7.25. The van der Waals surface area contributed by atoms with Gasteiger partial charge in [0.15, 0.2) is 0 Å². The Morgan fingerprint density at radius 2 is 2.12 bits per heavy atom. The van der Waals surface area contributed by atoms with Crippen molar-refractivity contribution in [3.05, 3.63) is 53.3 Å². The lowest BCUT2D eigenvalue weighted by atomic mass is 10.2. The lowest BCUT2D eigenvalue weighted by Crippen LogP contribution is -2.47. The molecule has 0 spiro atoms. The zero-order valence-electron chi connectivity index (χ0n) is 14.8. The monoisotopic (exact) mass is 373 g/mol. The van der Waals surface area contributed by atoms with E-state index >= 15 is 0 Å².